The minimum atomic E-state index is -4.33. The van der Waals surface area contributed by atoms with Crippen molar-refractivity contribution in [2.24, 2.45) is 0 Å². The van der Waals surface area contributed by atoms with Crippen LogP contribution in [0.1, 0.15) is 11.1 Å². The number of rotatable bonds is 3. The largest absolute Gasteiger partial charge is 0.416 e. The first-order valence-electron chi connectivity index (χ1n) is 4.72. The summed E-state index contributed by atoms with van der Waals surface area (Å²) in [5, 5.41) is 10.6. The minimum absolute atomic E-state index is 0.0743. The Labute approximate surface area is 99.3 Å². The first-order chi connectivity index (χ1) is 8.07. The molecule has 7 heteroatoms. The van der Waals surface area contributed by atoms with E-state index in [2.05, 4.69) is 15.5 Å². The van der Waals surface area contributed by atoms with Crippen molar-refractivity contribution in [3.8, 4) is 0 Å². The second-order valence-corrected chi connectivity index (χ2v) is 4.09. The lowest BCUT2D eigenvalue weighted by Crippen LogP contribution is -2.11. The molecule has 0 bridgehead atoms. The van der Waals surface area contributed by atoms with Crippen molar-refractivity contribution >= 4 is 16.5 Å². The summed E-state index contributed by atoms with van der Waals surface area (Å²) in [6, 6.07) is 5.46. The molecule has 2 aromatic rings. The number of anilines is 1. The normalized spacial score (nSPS) is 11.5. The molecule has 0 saturated heterocycles. The van der Waals surface area contributed by atoms with Crippen LogP contribution in [0.4, 0.5) is 18.3 Å². The summed E-state index contributed by atoms with van der Waals surface area (Å²) < 4.78 is 38.0. The maximum atomic E-state index is 12.7. The van der Waals surface area contributed by atoms with Crippen LogP contribution in [0.3, 0.4) is 0 Å². The second kappa shape index (κ2) is 4.70. The van der Waals surface area contributed by atoms with Crippen LogP contribution in [0.25, 0.3) is 0 Å². The van der Waals surface area contributed by atoms with Gasteiger partial charge in [0.15, 0.2) is 0 Å². The number of nitrogens with zero attached hydrogens (tertiary/aromatic N) is 2. The van der Waals surface area contributed by atoms with Gasteiger partial charge in [-0.1, -0.05) is 29.5 Å². The summed E-state index contributed by atoms with van der Waals surface area (Å²) in [5.74, 6) is 0. The minimum Gasteiger partial charge on any atom is -0.356 e. The molecule has 1 aromatic carbocycles. The number of hydrogen-bond donors (Lipinski definition) is 1. The molecule has 1 N–H and O–H groups in total. The average molecular weight is 259 g/mol. The van der Waals surface area contributed by atoms with Crippen LogP contribution in [0.15, 0.2) is 29.8 Å². The van der Waals surface area contributed by atoms with Gasteiger partial charge in [0.2, 0.25) is 5.13 Å². The Hall–Kier alpha value is -1.63. The predicted molar refractivity (Wildman–Crippen MR) is 58.7 cm³/mol. The Bertz CT molecular complexity index is 482. The van der Waals surface area contributed by atoms with Crippen molar-refractivity contribution < 1.29 is 13.2 Å². The molecular formula is C10H8F3N3S. The number of hydrogen-bond acceptors (Lipinski definition) is 4. The van der Waals surface area contributed by atoms with Crippen LogP contribution in [0.5, 0.6) is 0 Å². The summed E-state index contributed by atoms with van der Waals surface area (Å²) in [5.41, 5.74) is 1.07. The number of nitrogens with one attached hydrogen (secondary N) is 1. The molecule has 0 amide bonds. The Morgan fingerprint density at radius 1 is 1.24 bits per heavy atom. The van der Waals surface area contributed by atoms with E-state index in [0.29, 0.717) is 5.13 Å². The number of halogens is 3. The van der Waals surface area contributed by atoms with Gasteiger partial charge in [-0.25, -0.2) is 0 Å². The van der Waals surface area contributed by atoms with Crippen molar-refractivity contribution in [2.75, 3.05) is 5.32 Å². The van der Waals surface area contributed by atoms with E-state index in [1.54, 1.807) is 6.07 Å². The SMILES string of the molecule is FC(F)(F)c1ccccc1CNc1nncs1. The van der Waals surface area contributed by atoms with Gasteiger partial charge >= 0.3 is 6.18 Å². The summed E-state index contributed by atoms with van der Waals surface area (Å²) in [4.78, 5) is 0. The average Bonchev–Trinajstić information content (AvgIpc) is 2.78. The molecule has 1 aromatic heterocycles. The van der Waals surface area contributed by atoms with Gasteiger partial charge < -0.3 is 5.32 Å². The predicted octanol–water partition coefficient (Wildman–Crippen LogP) is 3.17. The topological polar surface area (TPSA) is 37.8 Å². The molecule has 0 fully saturated rings. The first kappa shape index (κ1) is 11.8. The van der Waals surface area contributed by atoms with E-state index < -0.39 is 11.7 Å². The maximum absolute atomic E-state index is 12.7. The Morgan fingerprint density at radius 3 is 2.65 bits per heavy atom. The van der Waals surface area contributed by atoms with Crippen molar-refractivity contribution in [1.82, 2.24) is 10.2 Å². The fourth-order valence-corrected chi connectivity index (χ4v) is 1.82. The van der Waals surface area contributed by atoms with E-state index in [1.807, 2.05) is 0 Å². The van der Waals surface area contributed by atoms with Crippen LogP contribution in [-0.4, -0.2) is 10.2 Å². The van der Waals surface area contributed by atoms with Crippen molar-refractivity contribution in [3.05, 3.63) is 40.9 Å². The molecule has 0 atom stereocenters. The standard InChI is InChI=1S/C10H8F3N3S/c11-10(12,13)8-4-2-1-3-7(8)5-14-9-16-15-6-17-9/h1-4,6H,5H2,(H,14,16). The van der Waals surface area contributed by atoms with Gasteiger partial charge in [0.05, 0.1) is 5.56 Å². The third kappa shape index (κ3) is 2.94. The van der Waals surface area contributed by atoms with E-state index in [4.69, 9.17) is 0 Å². The molecule has 0 aliphatic heterocycles. The first-order valence-corrected chi connectivity index (χ1v) is 5.60. The molecular weight excluding hydrogens is 251 g/mol. The second-order valence-electron chi connectivity index (χ2n) is 3.25. The monoisotopic (exact) mass is 259 g/mol. The number of benzene rings is 1. The Kier molecular flexibility index (Phi) is 3.28. The quantitative estimate of drug-likeness (QED) is 0.920. The van der Waals surface area contributed by atoms with Gasteiger partial charge in [-0.15, -0.1) is 10.2 Å². The Morgan fingerprint density at radius 2 is 2.00 bits per heavy atom. The molecule has 0 radical (unpaired) electrons. The molecule has 3 nitrogen and oxygen atoms in total. The van der Waals surface area contributed by atoms with Crippen LogP contribution in [0, 0.1) is 0 Å². The van der Waals surface area contributed by atoms with Gasteiger partial charge in [-0.2, -0.15) is 13.2 Å². The highest BCUT2D eigenvalue weighted by atomic mass is 32.1. The lowest BCUT2D eigenvalue weighted by Gasteiger charge is -2.12. The van der Waals surface area contributed by atoms with E-state index in [9.17, 15) is 13.2 Å². The lowest BCUT2D eigenvalue weighted by molar-refractivity contribution is -0.138. The van der Waals surface area contributed by atoms with Crippen LogP contribution in [-0.2, 0) is 12.7 Å². The molecule has 0 spiro atoms. The van der Waals surface area contributed by atoms with Gasteiger partial charge in [0, 0.05) is 6.54 Å². The van der Waals surface area contributed by atoms with Crippen LogP contribution < -0.4 is 5.32 Å². The highest BCUT2D eigenvalue weighted by Gasteiger charge is 2.32. The fourth-order valence-electron chi connectivity index (χ4n) is 1.37. The third-order valence-corrected chi connectivity index (χ3v) is 2.76. The summed E-state index contributed by atoms with van der Waals surface area (Å²) in [7, 11) is 0. The lowest BCUT2D eigenvalue weighted by atomic mass is 10.1. The highest BCUT2D eigenvalue weighted by molar-refractivity contribution is 7.13. The molecule has 0 unspecified atom stereocenters. The number of alkyl halides is 3. The summed E-state index contributed by atoms with van der Waals surface area (Å²) in [6.07, 6.45) is -4.33. The molecule has 90 valence electrons. The zero-order chi connectivity index (χ0) is 12.3. The van der Waals surface area contributed by atoms with Gasteiger partial charge in [0.1, 0.15) is 5.51 Å². The van der Waals surface area contributed by atoms with E-state index >= 15 is 0 Å². The van der Waals surface area contributed by atoms with Gasteiger partial charge in [-0.05, 0) is 11.6 Å². The molecule has 1 heterocycles. The molecule has 0 aliphatic rings. The molecule has 0 saturated carbocycles. The van der Waals surface area contributed by atoms with Gasteiger partial charge in [0.25, 0.3) is 0 Å². The smallest absolute Gasteiger partial charge is 0.356 e. The van der Waals surface area contributed by atoms with E-state index in [-0.39, 0.29) is 12.1 Å². The zero-order valence-electron chi connectivity index (χ0n) is 8.53. The van der Waals surface area contributed by atoms with Crippen molar-refractivity contribution in [2.45, 2.75) is 12.7 Å². The van der Waals surface area contributed by atoms with Crippen LogP contribution >= 0.6 is 11.3 Å². The fraction of sp³-hybridized carbons (Fsp3) is 0.200. The zero-order valence-corrected chi connectivity index (χ0v) is 9.35. The Balaban J connectivity index is 2.16. The third-order valence-electron chi connectivity index (χ3n) is 2.11. The van der Waals surface area contributed by atoms with E-state index in [0.717, 1.165) is 6.07 Å². The van der Waals surface area contributed by atoms with Crippen LogP contribution in [0.2, 0.25) is 0 Å². The maximum Gasteiger partial charge on any atom is 0.416 e. The molecule has 0 aliphatic carbocycles. The molecule has 2 rings (SSSR count). The van der Waals surface area contributed by atoms with E-state index in [1.165, 1.54) is 29.0 Å². The number of aromatic nitrogens is 2. The van der Waals surface area contributed by atoms with Gasteiger partial charge in [-0.3, -0.25) is 0 Å². The van der Waals surface area contributed by atoms with Crippen molar-refractivity contribution in [1.29, 1.82) is 0 Å². The summed E-state index contributed by atoms with van der Waals surface area (Å²) in [6.45, 7) is 0.0743. The van der Waals surface area contributed by atoms with Crippen molar-refractivity contribution in [3.63, 3.8) is 0 Å². The molecule has 17 heavy (non-hydrogen) atoms. The highest BCUT2D eigenvalue weighted by Crippen LogP contribution is 2.32. The summed E-state index contributed by atoms with van der Waals surface area (Å²) >= 11 is 1.24.